The molecule has 0 fully saturated rings. The average Bonchev–Trinajstić information content (AvgIpc) is 3.30. The van der Waals surface area contributed by atoms with Crippen LogP contribution in [0.15, 0.2) is 48.5 Å². The number of aliphatic carboxylic acids is 1. The van der Waals surface area contributed by atoms with Gasteiger partial charge in [-0.15, -0.1) is 5.10 Å². The normalized spacial score (nSPS) is 11.9. The fourth-order valence-electron chi connectivity index (χ4n) is 3.98. The van der Waals surface area contributed by atoms with Crippen LogP contribution in [0.2, 0.25) is 0 Å². The number of carbonyl (C=O) groups excluding carboxylic acids is 1. The summed E-state index contributed by atoms with van der Waals surface area (Å²) in [5.41, 5.74) is 5.99. The minimum Gasteiger partial charge on any atom is -0.548 e. The smallest absolute Gasteiger partial charge is 0.170 e. The fourth-order valence-corrected chi connectivity index (χ4v) is 4.09. The third kappa shape index (κ3) is 4.66. The van der Waals surface area contributed by atoms with Crippen LogP contribution in [0, 0.1) is 18.3 Å². The molecule has 2 heterocycles. The van der Waals surface area contributed by atoms with Crippen molar-refractivity contribution in [2.75, 3.05) is 0 Å². The Labute approximate surface area is 203 Å². The number of hydrogen-bond acceptors (Lipinski definition) is 7. The zero-order valence-electron chi connectivity index (χ0n) is 19.0. The van der Waals surface area contributed by atoms with Crippen molar-refractivity contribution in [3.05, 3.63) is 82.6 Å². The van der Waals surface area contributed by atoms with Gasteiger partial charge in [0.25, 0.3) is 0 Å². The highest BCUT2D eigenvalue weighted by Crippen LogP contribution is 2.27. The first-order chi connectivity index (χ1) is 16.4. The van der Waals surface area contributed by atoms with Gasteiger partial charge >= 0.3 is 0 Å². The van der Waals surface area contributed by atoms with E-state index < -0.39 is 11.2 Å². The van der Waals surface area contributed by atoms with Crippen LogP contribution in [-0.2, 0) is 17.6 Å². The number of unbranched alkanes of at least 4 members (excludes halogenated alkanes) is 1. The fraction of sp³-hybridized carbons (Fsp3) is 0.269. The number of nitrogens with zero attached hydrogens (tertiary/aromatic N) is 5. The molecule has 0 spiro atoms. The first-order valence-corrected chi connectivity index (χ1v) is 11.7. The Bertz CT molecular complexity index is 1390. The lowest BCUT2D eigenvalue weighted by molar-refractivity contribution is -0.305. The van der Waals surface area contributed by atoms with Crippen molar-refractivity contribution in [3.8, 4) is 17.2 Å². The Morgan fingerprint density at radius 2 is 1.91 bits per heavy atom. The first kappa shape index (κ1) is 23.5. The van der Waals surface area contributed by atoms with Gasteiger partial charge in [0.15, 0.2) is 11.5 Å². The molecule has 2 aromatic carbocycles. The summed E-state index contributed by atoms with van der Waals surface area (Å²) in [6.07, 6.45) is 3.37. The van der Waals surface area contributed by atoms with Crippen molar-refractivity contribution in [1.82, 2.24) is 19.6 Å². The zero-order chi connectivity index (χ0) is 24.2. The summed E-state index contributed by atoms with van der Waals surface area (Å²) in [6, 6.07) is 17.8. The van der Waals surface area contributed by atoms with Crippen LogP contribution in [0.4, 0.5) is 0 Å². The molecule has 8 heteroatoms. The van der Waals surface area contributed by atoms with Crippen molar-refractivity contribution in [2.24, 2.45) is 0 Å². The summed E-state index contributed by atoms with van der Waals surface area (Å²) < 4.78 is 1.59. The topological polar surface area (TPSA) is 107 Å². The Kier molecular flexibility index (Phi) is 6.94. The van der Waals surface area contributed by atoms with Gasteiger partial charge < -0.3 is 9.90 Å². The summed E-state index contributed by atoms with van der Waals surface area (Å²) in [4.78, 5) is 20.6. The maximum absolute atomic E-state index is 11.3. The molecule has 0 amide bonds. The largest absolute Gasteiger partial charge is 0.548 e. The number of carboxylic acid groups (broad SMARTS) is 1. The molecule has 1 unspecified atom stereocenters. The zero-order valence-corrected chi connectivity index (χ0v) is 19.9. The Hall–Kier alpha value is -3.70. The number of hydrogen-bond donors (Lipinski definition) is 1. The maximum atomic E-state index is 11.3. The van der Waals surface area contributed by atoms with Gasteiger partial charge in [-0.3, -0.25) is 0 Å². The lowest BCUT2D eigenvalue weighted by Gasteiger charge is -2.12. The third-order valence-electron chi connectivity index (χ3n) is 5.77. The van der Waals surface area contributed by atoms with E-state index in [4.69, 9.17) is 4.98 Å². The van der Waals surface area contributed by atoms with E-state index in [2.05, 4.69) is 35.7 Å². The number of fused-ring (bicyclic) bond motifs is 1. The molecule has 4 aromatic rings. The second kappa shape index (κ2) is 10.1. The predicted octanol–water partition coefficient (Wildman–Crippen LogP) is 3.63. The summed E-state index contributed by atoms with van der Waals surface area (Å²) in [6.45, 7) is 3.96. The number of aromatic nitrogens is 4. The SMILES string of the molecule is CCCCc1nc(C)n2nc(C(S)C(=O)[O-])nc2c1Cc1ccc(-c2ccccc2C#N)cc1. The van der Waals surface area contributed by atoms with Crippen molar-refractivity contribution in [1.29, 1.82) is 5.26 Å². The van der Waals surface area contributed by atoms with E-state index in [1.165, 1.54) is 0 Å². The van der Waals surface area contributed by atoms with Gasteiger partial charge in [-0.1, -0.05) is 55.8 Å². The van der Waals surface area contributed by atoms with Crippen LogP contribution in [0.25, 0.3) is 16.8 Å². The Morgan fingerprint density at radius 1 is 1.18 bits per heavy atom. The lowest BCUT2D eigenvalue weighted by Crippen LogP contribution is -2.27. The summed E-state index contributed by atoms with van der Waals surface area (Å²) >= 11 is 4.09. The molecule has 172 valence electrons. The number of rotatable bonds is 8. The first-order valence-electron chi connectivity index (χ1n) is 11.1. The minimum atomic E-state index is -1.34. The number of benzene rings is 2. The van der Waals surface area contributed by atoms with Crippen LogP contribution in [-0.4, -0.2) is 25.6 Å². The third-order valence-corrected chi connectivity index (χ3v) is 6.22. The maximum Gasteiger partial charge on any atom is 0.170 e. The summed E-state index contributed by atoms with van der Waals surface area (Å²) in [5.74, 6) is -0.609. The van der Waals surface area contributed by atoms with Crippen LogP contribution < -0.4 is 5.11 Å². The second-order valence-corrected chi connectivity index (χ2v) is 8.66. The highest BCUT2D eigenvalue weighted by atomic mass is 32.1. The molecule has 4 rings (SSSR count). The van der Waals surface area contributed by atoms with Gasteiger partial charge in [-0.25, -0.2) is 9.97 Å². The molecule has 1 atom stereocenters. The molecule has 0 N–H and O–H groups in total. The van der Waals surface area contributed by atoms with Crippen LogP contribution in [0.5, 0.6) is 0 Å². The molecule has 7 nitrogen and oxygen atoms in total. The Balaban J connectivity index is 1.75. The molecule has 0 aliphatic rings. The molecule has 0 radical (unpaired) electrons. The lowest BCUT2D eigenvalue weighted by atomic mass is 9.96. The van der Waals surface area contributed by atoms with Gasteiger partial charge in [0, 0.05) is 17.7 Å². The monoisotopic (exact) mass is 470 g/mol. The number of nitriles is 1. The molecular formula is C26H24N5O2S-. The molecular weight excluding hydrogens is 446 g/mol. The molecule has 2 aromatic heterocycles. The molecule has 0 bridgehead atoms. The highest BCUT2D eigenvalue weighted by Gasteiger charge is 2.20. The van der Waals surface area contributed by atoms with E-state index in [1.807, 2.05) is 55.5 Å². The van der Waals surface area contributed by atoms with Crippen molar-refractivity contribution < 1.29 is 9.90 Å². The number of thiol groups is 1. The molecule has 34 heavy (non-hydrogen) atoms. The van der Waals surface area contributed by atoms with E-state index in [0.717, 1.165) is 47.2 Å². The van der Waals surface area contributed by atoms with Gasteiger partial charge in [0.1, 0.15) is 11.1 Å². The van der Waals surface area contributed by atoms with Gasteiger partial charge in [-0.2, -0.15) is 22.4 Å². The minimum absolute atomic E-state index is 0.0885. The van der Waals surface area contributed by atoms with Crippen molar-refractivity contribution in [3.63, 3.8) is 0 Å². The van der Waals surface area contributed by atoms with E-state index in [0.29, 0.717) is 23.5 Å². The number of aryl methyl sites for hydroxylation is 2. The van der Waals surface area contributed by atoms with E-state index >= 15 is 0 Å². The highest BCUT2D eigenvalue weighted by molar-refractivity contribution is 7.81. The summed E-state index contributed by atoms with van der Waals surface area (Å²) in [7, 11) is 0. The van der Waals surface area contributed by atoms with Gasteiger partial charge in [0.2, 0.25) is 0 Å². The van der Waals surface area contributed by atoms with Crippen molar-refractivity contribution in [2.45, 2.75) is 44.8 Å². The molecule has 0 saturated heterocycles. The molecule has 0 saturated carbocycles. The van der Waals surface area contributed by atoms with Crippen molar-refractivity contribution >= 4 is 24.2 Å². The van der Waals surface area contributed by atoms with Gasteiger partial charge in [0.05, 0.1) is 17.6 Å². The van der Waals surface area contributed by atoms with Crippen LogP contribution >= 0.6 is 12.6 Å². The predicted molar refractivity (Wildman–Crippen MR) is 130 cm³/mol. The Morgan fingerprint density at radius 3 is 2.59 bits per heavy atom. The standard InChI is InChI=1S/C26H25N5O2S/c1-3-4-9-22-21(25-29-24(23(34)26(32)33)30-31(25)16(2)28-22)14-17-10-12-18(13-11-17)20-8-6-5-7-19(20)15-27/h5-8,10-13,23,34H,3-4,9,14H2,1-2H3,(H,32,33)/p-1. The summed E-state index contributed by atoms with van der Waals surface area (Å²) in [5, 5.41) is 23.9. The van der Waals surface area contributed by atoms with E-state index in [1.54, 1.807) is 4.52 Å². The number of carbonyl (C=O) groups is 1. The van der Waals surface area contributed by atoms with Gasteiger partial charge in [-0.05, 0) is 42.5 Å². The van der Waals surface area contributed by atoms with Crippen LogP contribution in [0.3, 0.4) is 0 Å². The van der Waals surface area contributed by atoms with Crippen LogP contribution in [0.1, 0.15) is 59.0 Å². The van der Waals surface area contributed by atoms with E-state index in [9.17, 15) is 15.2 Å². The molecule has 0 aliphatic carbocycles. The average molecular weight is 471 g/mol. The quantitative estimate of drug-likeness (QED) is 0.394. The second-order valence-electron chi connectivity index (χ2n) is 8.15. The molecule has 0 aliphatic heterocycles. The van der Waals surface area contributed by atoms with E-state index in [-0.39, 0.29) is 5.82 Å². The number of carboxylic acids is 1.